The highest BCUT2D eigenvalue weighted by Gasteiger charge is 2.44. The molecule has 0 unspecified atom stereocenters. The number of carbonyl (C=O) groups excluding carboxylic acids is 1. The predicted octanol–water partition coefficient (Wildman–Crippen LogP) is 2.16. The van der Waals surface area contributed by atoms with Gasteiger partial charge in [0.25, 0.3) is 0 Å². The molecule has 1 amide bonds. The van der Waals surface area contributed by atoms with E-state index in [1.807, 2.05) is 11.8 Å². The average Bonchev–Trinajstić information content (AvgIpc) is 3.00. The molecule has 2 aliphatic heterocycles. The van der Waals surface area contributed by atoms with Crippen LogP contribution in [0.15, 0.2) is 24.3 Å². The van der Waals surface area contributed by atoms with E-state index in [-0.39, 0.29) is 36.4 Å². The molecule has 0 saturated carbocycles. The van der Waals surface area contributed by atoms with Gasteiger partial charge in [-0.2, -0.15) is 0 Å². The van der Waals surface area contributed by atoms with E-state index >= 15 is 0 Å². The number of hydrogen-bond acceptors (Lipinski definition) is 3. The van der Waals surface area contributed by atoms with Crippen LogP contribution in [0.1, 0.15) is 25.3 Å². The molecule has 5 heteroatoms. The van der Waals surface area contributed by atoms with Gasteiger partial charge in [-0.05, 0) is 31.4 Å². The molecule has 0 spiro atoms. The van der Waals surface area contributed by atoms with Gasteiger partial charge in [0.15, 0.2) is 0 Å². The molecule has 0 aromatic heterocycles. The van der Waals surface area contributed by atoms with Gasteiger partial charge in [-0.3, -0.25) is 4.79 Å². The Kier molecular flexibility index (Phi) is 4.74. The van der Waals surface area contributed by atoms with Crippen molar-refractivity contribution in [1.29, 1.82) is 0 Å². The summed E-state index contributed by atoms with van der Waals surface area (Å²) in [7, 11) is 0. The van der Waals surface area contributed by atoms with Crippen molar-refractivity contribution in [3.05, 3.63) is 35.6 Å². The molecule has 22 heavy (non-hydrogen) atoms. The van der Waals surface area contributed by atoms with Crippen molar-refractivity contribution in [2.45, 2.75) is 44.4 Å². The van der Waals surface area contributed by atoms with Crippen LogP contribution >= 0.6 is 0 Å². The topological polar surface area (TPSA) is 38.8 Å². The van der Waals surface area contributed by atoms with Gasteiger partial charge < -0.3 is 14.4 Å². The third kappa shape index (κ3) is 3.01. The SMILES string of the molecule is CCO[C@@H]1CCN(C(=O)Cc2ccccc2F)[C@H]2CCO[C@H]12. The van der Waals surface area contributed by atoms with Crippen LogP contribution in [0.4, 0.5) is 4.39 Å². The third-order valence-corrected chi connectivity index (χ3v) is 4.53. The monoisotopic (exact) mass is 307 g/mol. The van der Waals surface area contributed by atoms with E-state index in [0.29, 0.717) is 25.3 Å². The first-order valence-corrected chi connectivity index (χ1v) is 7.96. The van der Waals surface area contributed by atoms with Crippen LogP contribution in [0, 0.1) is 5.82 Å². The highest BCUT2D eigenvalue weighted by atomic mass is 19.1. The lowest BCUT2D eigenvalue weighted by Gasteiger charge is -2.41. The zero-order chi connectivity index (χ0) is 15.5. The van der Waals surface area contributed by atoms with Crippen molar-refractivity contribution in [3.8, 4) is 0 Å². The number of ether oxygens (including phenoxy) is 2. The van der Waals surface area contributed by atoms with Crippen molar-refractivity contribution >= 4 is 5.91 Å². The lowest BCUT2D eigenvalue weighted by atomic mass is 9.94. The van der Waals surface area contributed by atoms with Crippen molar-refractivity contribution in [2.24, 2.45) is 0 Å². The fourth-order valence-corrected chi connectivity index (χ4v) is 3.49. The van der Waals surface area contributed by atoms with Crippen LogP contribution in [-0.4, -0.2) is 48.8 Å². The summed E-state index contributed by atoms with van der Waals surface area (Å²) in [6.07, 6.45) is 1.73. The van der Waals surface area contributed by atoms with Gasteiger partial charge in [0.1, 0.15) is 11.9 Å². The van der Waals surface area contributed by atoms with Gasteiger partial charge >= 0.3 is 0 Å². The van der Waals surface area contributed by atoms with Gasteiger partial charge in [-0.1, -0.05) is 18.2 Å². The number of rotatable bonds is 4. The number of amides is 1. The second-order valence-corrected chi connectivity index (χ2v) is 5.83. The van der Waals surface area contributed by atoms with Crippen molar-refractivity contribution in [3.63, 3.8) is 0 Å². The molecule has 2 heterocycles. The zero-order valence-corrected chi connectivity index (χ0v) is 12.8. The van der Waals surface area contributed by atoms with E-state index in [1.54, 1.807) is 18.2 Å². The minimum absolute atomic E-state index is 0.0273. The number of hydrogen-bond donors (Lipinski definition) is 0. The summed E-state index contributed by atoms with van der Waals surface area (Å²) < 4.78 is 25.3. The summed E-state index contributed by atoms with van der Waals surface area (Å²) >= 11 is 0. The van der Waals surface area contributed by atoms with E-state index in [2.05, 4.69) is 0 Å². The van der Waals surface area contributed by atoms with Crippen LogP contribution in [-0.2, 0) is 20.7 Å². The van der Waals surface area contributed by atoms with Crippen LogP contribution in [0.3, 0.4) is 0 Å². The fraction of sp³-hybridized carbons (Fsp3) is 0.588. The smallest absolute Gasteiger partial charge is 0.227 e. The Morgan fingerprint density at radius 2 is 2.23 bits per heavy atom. The van der Waals surface area contributed by atoms with E-state index in [4.69, 9.17) is 9.47 Å². The summed E-state index contributed by atoms with van der Waals surface area (Å²) in [6, 6.07) is 6.52. The highest BCUT2D eigenvalue weighted by molar-refractivity contribution is 5.79. The molecule has 2 saturated heterocycles. The average molecular weight is 307 g/mol. The van der Waals surface area contributed by atoms with Gasteiger partial charge in [-0.25, -0.2) is 4.39 Å². The molecule has 1 aromatic rings. The largest absolute Gasteiger partial charge is 0.376 e. The first-order valence-electron chi connectivity index (χ1n) is 7.96. The minimum atomic E-state index is -0.320. The molecular weight excluding hydrogens is 285 g/mol. The number of piperidine rings is 1. The second-order valence-electron chi connectivity index (χ2n) is 5.83. The first kappa shape index (κ1) is 15.4. The van der Waals surface area contributed by atoms with Crippen LogP contribution < -0.4 is 0 Å². The van der Waals surface area contributed by atoms with Gasteiger partial charge in [0.2, 0.25) is 5.91 Å². The maximum absolute atomic E-state index is 13.7. The zero-order valence-electron chi connectivity index (χ0n) is 12.8. The quantitative estimate of drug-likeness (QED) is 0.856. The van der Waals surface area contributed by atoms with E-state index in [1.165, 1.54) is 6.07 Å². The molecule has 1 aromatic carbocycles. The highest BCUT2D eigenvalue weighted by Crippen LogP contribution is 2.30. The molecule has 3 atom stereocenters. The summed E-state index contributed by atoms with van der Waals surface area (Å²) in [4.78, 5) is 14.5. The molecular formula is C17H22FNO3. The fourth-order valence-electron chi connectivity index (χ4n) is 3.49. The van der Waals surface area contributed by atoms with Crippen LogP contribution in [0.5, 0.6) is 0 Å². The normalized spacial score (nSPS) is 27.7. The predicted molar refractivity (Wildman–Crippen MR) is 80.0 cm³/mol. The number of benzene rings is 1. The molecule has 3 rings (SSSR count). The molecule has 0 N–H and O–H groups in total. The summed E-state index contributed by atoms with van der Waals surface area (Å²) in [6.45, 7) is 3.94. The number of likely N-dealkylation sites (tertiary alicyclic amines) is 1. The number of carbonyl (C=O) groups is 1. The van der Waals surface area contributed by atoms with E-state index < -0.39 is 0 Å². The van der Waals surface area contributed by atoms with E-state index in [9.17, 15) is 9.18 Å². The standard InChI is InChI=1S/C17H22FNO3/c1-2-21-15-7-9-19(14-8-10-22-17(14)15)16(20)11-12-5-3-4-6-13(12)18/h3-6,14-15,17H,2,7-11H2,1H3/t14-,15+,17-/m0/s1. The Bertz CT molecular complexity index is 536. The number of halogens is 1. The van der Waals surface area contributed by atoms with Gasteiger partial charge in [-0.15, -0.1) is 0 Å². The van der Waals surface area contributed by atoms with Crippen LogP contribution in [0.2, 0.25) is 0 Å². The van der Waals surface area contributed by atoms with Crippen LogP contribution in [0.25, 0.3) is 0 Å². The Hall–Kier alpha value is -1.46. The van der Waals surface area contributed by atoms with Crippen molar-refractivity contribution in [2.75, 3.05) is 19.8 Å². The summed E-state index contributed by atoms with van der Waals surface area (Å²) in [5, 5.41) is 0. The molecule has 0 radical (unpaired) electrons. The molecule has 0 bridgehead atoms. The van der Waals surface area contributed by atoms with Gasteiger partial charge in [0, 0.05) is 19.8 Å². The van der Waals surface area contributed by atoms with E-state index in [0.717, 1.165) is 12.8 Å². The molecule has 120 valence electrons. The Balaban J connectivity index is 1.69. The van der Waals surface area contributed by atoms with Crippen molar-refractivity contribution < 1.29 is 18.7 Å². The minimum Gasteiger partial charge on any atom is -0.376 e. The van der Waals surface area contributed by atoms with Crippen molar-refractivity contribution in [1.82, 2.24) is 4.90 Å². The molecule has 2 aliphatic rings. The first-order chi connectivity index (χ1) is 10.7. The maximum Gasteiger partial charge on any atom is 0.227 e. The second kappa shape index (κ2) is 6.75. The Labute approximate surface area is 130 Å². The number of nitrogens with zero attached hydrogens (tertiary/aromatic N) is 1. The Morgan fingerprint density at radius 3 is 3.00 bits per heavy atom. The molecule has 4 nitrogen and oxygen atoms in total. The Morgan fingerprint density at radius 1 is 1.41 bits per heavy atom. The lowest BCUT2D eigenvalue weighted by molar-refractivity contribution is -0.144. The lowest BCUT2D eigenvalue weighted by Crippen LogP contribution is -2.55. The maximum atomic E-state index is 13.7. The molecule has 2 fully saturated rings. The molecule has 0 aliphatic carbocycles. The third-order valence-electron chi connectivity index (χ3n) is 4.53. The van der Waals surface area contributed by atoms with Gasteiger partial charge in [0.05, 0.1) is 18.6 Å². The summed E-state index contributed by atoms with van der Waals surface area (Å²) in [5.74, 6) is -0.347. The summed E-state index contributed by atoms with van der Waals surface area (Å²) in [5.41, 5.74) is 0.454. The number of fused-ring (bicyclic) bond motifs is 1.